The van der Waals surface area contributed by atoms with Crippen molar-refractivity contribution in [1.29, 1.82) is 0 Å². The van der Waals surface area contributed by atoms with E-state index in [0.29, 0.717) is 5.70 Å². The van der Waals surface area contributed by atoms with Gasteiger partial charge in [0.05, 0.1) is 34.4 Å². The number of benzene rings is 3. The molecule has 166 valence electrons. The number of hydrogen-bond acceptors (Lipinski definition) is 7. The topological polar surface area (TPSA) is 120 Å². The van der Waals surface area contributed by atoms with Crippen LogP contribution in [0.3, 0.4) is 0 Å². The number of sulfonamides is 1. The number of para-hydroxylation sites is 2. The third-order valence-electron chi connectivity index (χ3n) is 5.07. The first-order valence-electron chi connectivity index (χ1n) is 10.1. The zero-order valence-corrected chi connectivity index (χ0v) is 18.4. The number of hydrogen-bond donors (Lipinski definition) is 2. The maximum atomic E-state index is 12.8. The van der Waals surface area contributed by atoms with Crippen LogP contribution in [-0.4, -0.2) is 38.4 Å². The molecule has 0 aliphatic rings. The van der Waals surface area contributed by atoms with E-state index < -0.39 is 10.0 Å². The number of aromatic nitrogens is 6. The minimum Gasteiger partial charge on any atom is -0.309 e. The lowest BCUT2D eigenvalue weighted by Gasteiger charge is -2.13. The molecule has 0 spiro atoms. The van der Waals surface area contributed by atoms with E-state index in [2.05, 4.69) is 30.9 Å². The third-order valence-corrected chi connectivity index (χ3v) is 6.34. The number of rotatable bonds is 7. The maximum Gasteiger partial charge on any atom is 0.257 e. The van der Waals surface area contributed by atoms with Gasteiger partial charge in [-0.15, -0.1) is 15.0 Å². The SMILES string of the molecule is Cc1ccc(S(=O)(=O)NN/C(=C/n2nnc3ccccc32)Cn2nnc3ccccc32)cc1. The van der Waals surface area contributed by atoms with Gasteiger partial charge >= 0.3 is 0 Å². The molecule has 2 heterocycles. The van der Waals surface area contributed by atoms with Gasteiger partial charge in [0.2, 0.25) is 0 Å². The molecule has 0 fully saturated rings. The molecular formula is C22H20N8O2S. The molecule has 10 nitrogen and oxygen atoms in total. The van der Waals surface area contributed by atoms with Gasteiger partial charge in [0, 0.05) is 0 Å². The van der Waals surface area contributed by atoms with Crippen LogP contribution >= 0.6 is 0 Å². The normalized spacial score (nSPS) is 12.5. The van der Waals surface area contributed by atoms with Crippen molar-refractivity contribution in [1.82, 2.24) is 40.2 Å². The Balaban J connectivity index is 1.49. The van der Waals surface area contributed by atoms with Gasteiger partial charge in [-0.25, -0.2) is 17.8 Å². The summed E-state index contributed by atoms with van der Waals surface area (Å²) in [6.45, 7) is 2.11. The van der Waals surface area contributed by atoms with E-state index in [-0.39, 0.29) is 11.4 Å². The molecule has 0 radical (unpaired) electrons. The molecule has 0 unspecified atom stereocenters. The molecule has 0 saturated carbocycles. The Morgan fingerprint density at radius 1 is 0.879 bits per heavy atom. The Kier molecular flexibility index (Phi) is 5.32. The van der Waals surface area contributed by atoms with Crippen LogP contribution in [0.4, 0.5) is 0 Å². The van der Waals surface area contributed by atoms with Crippen LogP contribution in [0, 0.1) is 6.92 Å². The number of nitrogens with one attached hydrogen (secondary N) is 2. The predicted octanol–water partition coefficient (Wildman–Crippen LogP) is 2.47. The Morgan fingerprint density at radius 3 is 2.27 bits per heavy atom. The number of hydrazine groups is 1. The molecule has 3 aromatic carbocycles. The lowest BCUT2D eigenvalue weighted by Crippen LogP contribution is -2.38. The summed E-state index contributed by atoms with van der Waals surface area (Å²) in [7, 11) is -3.81. The van der Waals surface area contributed by atoms with E-state index in [4.69, 9.17) is 0 Å². The standard InChI is InChI=1S/C22H20N8O2S/c1-16-10-12-18(13-11-16)33(31,32)28-23-17(14-29-21-8-4-2-6-19(21)24-26-29)15-30-22-9-5-3-7-20(22)25-27-30/h2-14,23,28H,15H2,1H3/b17-14+. The van der Waals surface area contributed by atoms with Gasteiger partial charge in [0.15, 0.2) is 0 Å². The van der Waals surface area contributed by atoms with Crippen LogP contribution in [0.25, 0.3) is 28.3 Å². The second-order valence-electron chi connectivity index (χ2n) is 7.46. The lowest BCUT2D eigenvalue weighted by atomic mass is 10.2. The van der Waals surface area contributed by atoms with Crippen molar-refractivity contribution in [3.63, 3.8) is 0 Å². The molecule has 0 atom stereocenters. The molecule has 5 rings (SSSR count). The highest BCUT2D eigenvalue weighted by molar-refractivity contribution is 7.89. The van der Waals surface area contributed by atoms with E-state index in [1.54, 1.807) is 39.8 Å². The largest absolute Gasteiger partial charge is 0.309 e. The Bertz CT molecular complexity index is 1570. The lowest BCUT2D eigenvalue weighted by molar-refractivity contribution is 0.557. The molecule has 5 aromatic rings. The van der Waals surface area contributed by atoms with Crippen LogP contribution in [-0.2, 0) is 16.6 Å². The summed E-state index contributed by atoms with van der Waals surface area (Å²) in [6.07, 6.45) is 1.67. The van der Waals surface area contributed by atoms with Crippen LogP contribution in [0.15, 0.2) is 83.4 Å². The summed E-state index contributed by atoms with van der Waals surface area (Å²) in [5.41, 5.74) is 7.33. The number of nitrogens with zero attached hydrogens (tertiary/aromatic N) is 6. The summed E-state index contributed by atoms with van der Waals surface area (Å²) in [6, 6.07) is 21.6. The predicted molar refractivity (Wildman–Crippen MR) is 124 cm³/mol. The van der Waals surface area contributed by atoms with Gasteiger partial charge in [-0.2, -0.15) is 0 Å². The van der Waals surface area contributed by atoms with E-state index in [0.717, 1.165) is 27.6 Å². The minimum atomic E-state index is -3.81. The summed E-state index contributed by atoms with van der Waals surface area (Å²) in [5.74, 6) is 0. The zero-order chi connectivity index (χ0) is 22.8. The first-order valence-corrected chi connectivity index (χ1v) is 11.6. The molecule has 2 N–H and O–H groups in total. The molecule has 0 saturated heterocycles. The second-order valence-corrected chi connectivity index (χ2v) is 9.14. The van der Waals surface area contributed by atoms with Crippen molar-refractivity contribution in [2.75, 3.05) is 0 Å². The van der Waals surface area contributed by atoms with Gasteiger partial charge in [0.25, 0.3) is 10.0 Å². The van der Waals surface area contributed by atoms with E-state index in [9.17, 15) is 8.42 Å². The third kappa shape index (κ3) is 4.31. The smallest absolute Gasteiger partial charge is 0.257 e. The second kappa shape index (κ2) is 8.45. The summed E-state index contributed by atoms with van der Waals surface area (Å²) in [5, 5.41) is 16.7. The maximum absolute atomic E-state index is 12.8. The van der Waals surface area contributed by atoms with Crippen molar-refractivity contribution >= 4 is 38.3 Å². The first kappa shape index (κ1) is 20.8. The number of fused-ring (bicyclic) bond motifs is 2. The Labute approximate surface area is 189 Å². The fourth-order valence-electron chi connectivity index (χ4n) is 3.35. The highest BCUT2D eigenvalue weighted by atomic mass is 32.2. The monoisotopic (exact) mass is 460 g/mol. The summed E-state index contributed by atoms with van der Waals surface area (Å²) in [4.78, 5) is 2.60. The minimum absolute atomic E-state index is 0.150. The van der Waals surface area contributed by atoms with Crippen molar-refractivity contribution in [3.05, 3.63) is 84.1 Å². The first-order chi connectivity index (χ1) is 16.0. The van der Waals surface area contributed by atoms with Gasteiger partial charge in [0.1, 0.15) is 11.0 Å². The van der Waals surface area contributed by atoms with Crippen molar-refractivity contribution in [2.24, 2.45) is 0 Å². The molecule has 0 aliphatic heterocycles. The average Bonchev–Trinajstić information content (AvgIpc) is 3.42. The van der Waals surface area contributed by atoms with Crippen LogP contribution in [0.2, 0.25) is 0 Å². The van der Waals surface area contributed by atoms with Gasteiger partial charge in [-0.3, -0.25) is 0 Å². The Hall–Kier alpha value is -4.09. The Morgan fingerprint density at radius 2 is 1.52 bits per heavy atom. The van der Waals surface area contributed by atoms with Crippen LogP contribution in [0.1, 0.15) is 5.56 Å². The van der Waals surface area contributed by atoms with Crippen LogP contribution in [0.5, 0.6) is 0 Å². The van der Waals surface area contributed by atoms with Gasteiger partial charge < -0.3 is 5.43 Å². The number of aryl methyl sites for hydroxylation is 1. The zero-order valence-electron chi connectivity index (χ0n) is 17.6. The molecule has 11 heteroatoms. The molecule has 0 amide bonds. The van der Waals surface area contributed by atoms with E-state index >= 15 is 0 Å². The van der Waals surface area contributed by atoms with E-state index in [1.807, 2.05) is 55.5 Å². The number of allylic oxidation sites excluding steroid dienone is 1. The molecule has 0 bridgehead atoms. The van der Waals surface area contributed by atoms with Crippen molar-refractivity contribution in [3.8, 4) is 0 Å². The van der Waals surface area contributed by atoms with Gasteiger partial charge in [-0.1, -0.05) is 52.4 Å². The van der Waals surface area contributed by atoms with Crippen LogP contribution < -0.4 is 10.3 Å². The molecular weight excluding hydrogens is 440 g/mol. The molecule has 0 aliphatic carbocycles. The summed E-state index contributed by atoms with van der Waals surface area (Å²) >= 11 is 0. The van der Waals surface area contributed by atoms with E-state index in [1.165, 1.54) is 0 Å². The highest BCUT2D eigenvalue weighted by Crippen LogP contribution is 2.14. The molecule has 2 aromatic heterocycles. The quantitative estimate of drug-likeness (QED) is 0.358. The fraction of sp³-hybridized carbons (Fsp3) is 0.0909. The van der Waals surface area contributed by atoms with Gasteiger partial charge in [-0.05, 0) is 43.3 Å². The average molecular weight is 461 g/mol. The van der Waals surface area contributed by atoms with Crippen molar-refractivity contribution < 1.29 is 8.42 Å². The van der Waals surface area contributed by atoms with Crippen molar-refractivity contribution in [2.45, 2.75) is 18.4 Å². The highest BCUT2D eigenvalue weighted by Gasteiger charge is 2.15. The molecule has 33 heavy (non-hydrogen) atoms. The summed E-state index contributed by atoms with van der Waals surface area (Å²) < 4.78 is 28.9. The fourth-order valence-corrected chi connectivity index (χ4v) is 4.22.